The number of nitrogens with zero attached hydrogens (tertiary/aromatic N) is 4. The third kappa shape index (κ3) is 4.05. The lowest BCUT2D eigenvalue weighted by Gasteiger charge is -2.24. The highest BCUT2D eigenvalue weighted by Gasteiger charge is 2.21. The minimum Gasteiger partial charge on any atom is -0.381 e. The summed E-state index contributed by atoms with van der Waals surface area (Å²) in [6.07, 6.45) is 5.81. The van der Waals surface area contributed by atoms with E-state index in [1.54, 1.807) is 0 Å². The van der Waals surface area contributed by atoms with Crippen LogP contribution in [-0.2, 0) is 11.3 Å². The molecule has 122 valence electrons. The minimum absolute atomic E-state index is 0.403. The molecule has 1 aliphatic heterocycles. The summed E-state index contributed by atoms with van der Waals surface area (Å²) < 4.78 is 5.51. The van der Waals surface area contributed by atoms with Gasteiger partial charge in [-0.05, 0) is 37.5 Å². The van der Waals surface area contributed by atoms with Crippen LogP contribution in [-0.4, -0.2) is 34.7 Å². The molecule has 0 unspecified atom stereocenters. The Hall–Kier alpha value is -2.01. The molecule has 1 saturated heterocycles. The van der Waals surface area contributed by atoms with E-state index in [0.717, 1.165) is 56.5 Å². The number of hydrogen-bond donors (Lipinski definition) is 0. The van der Waals surface area contributed by atoms with E-state index in [0.29, 0.717) is 5.92 Å². The van der Waals surface area contributed by atoms with Crippen molar-refractivity contribution in [3.63, 3.8) is 0 Å². The highest BCUT2D eigenvalue weighted by atomic mass is 16.5. The fourth-order valence-electron chi connectivity index (χ4n) is 2.97. The Morgan fingerprint density at radius 3 is 2.78 bits per heavy atom. The molecule has 5 heteroatoms. The second-order valence-corrected chi connectivity index (χ2v) is 6.04. The van der Waals surface area contributed by atoms with Gasteiger partial charge in [-0.1, -0.05) is 6.92 Å². The van der Waals surface area contributed by atoms with Crippen LogP contribution in [0.15, 0.2) is 30.6 Å². The molecule has 0 radical (unpaired) electrons. The van der Waals surface area contributed by atoms with Gasteiger partial charge in [-0.2, -0.15) is 0 Å². The molecular weight excluding hydrogens is 288 g/mol. The van der Waals surface area contributed by atoms with Gasteiger partial charge in [0.2, 0.25) is 0 Å². The molecule has 0 aliphatic carbocycles. The second-order valence-electron chi connectivity index (χ2n) is 6.04. The summed E-state index contributed by atoms with van der Waals surface area (Å²) in [5.74, 6) is 2.25. The molecule has 0 spiro atoms. The first-order chi connectivity index (χ1) is 11.3. The van der Waals surface area contributed by atoms with Gasteiger partial charge in [-0.25, -0.2) is 9.97 Å². The summed E-state index contributed by atoms with van der Waals surface area (Å²) in [6, 6.07) is 6.26. The van der Waals surface area contributed by atoms with Crippen LogP contribution in [0.5, 0.6) is 0 Å². The van der Waals surface area contributed by atoms with Crippen LogP contribution in [0.2, 0.25) is 0 Å². The molecule has 3 rings (SSSR count). The Morgan fingerprint density at radius 2 is 2.09 bits per heavy atom. The van der Waals surface area contributed by atoms with Crippen LogP contribution in [0.25, 0.3) is 0 Å². The number of ether oxygens (including phenoxy) is 1. The molecule has 2 aromatic rings. The fraction of sp³-hybridized carbons (Fsp3) is 0.500. The van der Waals surface area contributed by atoms with Gasteiger partial charge in [0.05, 0.1) is 12.3 Å². The third-order valence-corrected chi connectivity index (χ3v) is 4.13. The smallest absolute Gasteiger partial charge is 0.132 e. The Bertz CT molecular complexity index is 626. The molecule has 3 heterocycles. The molecule has 2 aromatic heterocycles. The number of aryl methyl sites for hydroxylation is 1. The van der Waals surface area contributed by atoms with E-state index < -0.39 is 0 Å². The summed E-state index contributed by atoms with van der Waals surface area (Å²) in [5, 5.41) is 0. The summed E-state index contributed by atoms with van der Waals surface area (Å²) in [4.78, 5) is 15.7. The zero-order valence-corrected chi connectivity index (χ0v) is 13.9. The lowest BCUT2D eigenvalue weighted by atomic mass is 10.0. The van der Waals surface area contributed by atoms with Gasteiger partial charge in [0.1, 0.15) is 11.6 Å². The highest BCUT2D eigenvalue weighted by Crippen LogP contribution is 2.26. The van der Waals surface area contributed by atoms with Crippen LogP contribution in [0.4, 0.5) is 5.82 Å². The van der Waals surface area contributed by atoms with Gasteiger partial charge >= 0.3 is 0 Å². The monoisotopic (exact) mass is 312 g/mol. The molecule has 1 aliphatic rings. The van der Waals surface area contributed by atoms with Crippen molar-refractivity contribution in [2.75, 3.05) is 24.7 Å². The molecule has 0 N–H and O–H groups in total. The Morgan fingerprint density at radius 1 is 1.26 bits per heavy atom. The Labute approximate surface area is 137 Å². The van der Waals surface area contributed by atoms with Gasteiger partial charge in [-0.15, -0.1) is 0 Å². The van der Waals surface area contributed by atoms with Crippen LogP contribution < -0.4 is 4.90 Å². The topological polar surface area (TPSA) is 51.1 Å². The molecule has 5 nitrogen and oxygen atoms in total. The van der Waals surface area contributed by atoms with Crippen molar-refractivity contribution in [2.24, 2.45) is 0 Å². The van der Waals surface area contributed by atoms with E-state index >= 15 is 0 Å². The van der Waals surface area contributed by atoms with Crippen LogP contribution in [0, 0.1) is 6.92 Å². The van der Waals surface area contributed by atoms with Crippen LogP contribution in [0.3, 0.4) is 0 Å². The second kappa shape index (κ2) is 7.51. The standard InChI is InChI=1S/C18H24N4O/c1-3-9-22(12-15-4-7-19-8-5-15)18-11-17(20-14(2)21-18)16-6-10-23-13-16/h4-5,7-8,11,16H,3,6,9-10,12-13H2,1-2H3/t16-/m0/s1. The number of pyridine rings is 1. The maximum atomic E-state index is 5.51. The summed E-state index contributed by atoms with van der Waals surface area (Å²) >= 11 is 0. The number of rotatable bonds is 6. The largest absolute Gasteiger partial charge is 0.381 e. The van der Waals surface area contributed by atoms with Gasteiger partial charge in [-0.3, -0.25) is 4.98 Å². The first-order valence-corrected chi connectivity index (χ1v) is 8.33. The van der Waals surface area contributed by atoms with Crippen LogP contribution in [0.1, 0.15) is 42.8 Å². The molecule has 0 aromatic carbocycles. The van der Waals surface area contributed by atoms with E-state index in [4.69, 9.17) is 4.74 Å². The fourth-order valence-corrected chi connectivity index (χ4v) is 2.97. The van der Waals surface area contributed by atoms with Crippen molar-refractivity contribution in [3.05, 3.63) is 47.7 Å². The summed E-state index contributed by atoms with van der Waals surface area (Å²) in [5.41, 5.74) is 2.36. The zero-order valence-electron chi connectivity index (χ0n) is 13.9. The van der Waals surface area contributed by atoms with Crippen molar-refractivity contribution >= 4 is 5.82 Å². The van der Waals surface area contributed by atoms with E-state index in [2.05, 4.69) is 45.0 Å². The van der Waals surface area contributed by atoms with Crippen molar-refractivity contribution in [1.82, 2.24) is 15.0 Å². The van der Waals surface area contributed by atoms with Gasteiger partial charge in [0, 0.05) is 44.1 Å². The maximum absolute atomic E-state index is 5.51. The molecule has 0 amide bonds. The lowest BCUT2D eigenvalue weighted by Crippen LogP contribution is -2.25. The van der Waals surface area contributed by atoms with Crippen molar-refractivity contribution in [1.29, 1.82) is 0 Å². The molecule has 0 bridgehead atoms. The van der Waals surface area contributed by atoms with Crippen molar-refractivity contribution in [2.45, 2.75) is 39.2 Å². The van der Waals surface area contributed by atoms with E-state index in [1.165, 1.54) is 5.56 Å². The summed E-state index contributed by atoms with van der Waals surface area (Å²) in [7, 11) is 0. The average Bonchev–Trinajstić information content (AvgIpc) is 3.09. The first kappa shape index (κ1) is 15.9. The first-order valence-electron chi connectivity index (χ1n) is 8.33. The average molecular weight is 312 g/mol. The van der Waals surface area contributed by atoms with Gasteiger partial charge < -0.3 is 9.64 Å². The summed E-state index contributed by atoms with van der Waals surface area (Å²) in [6.45, 7) is 7.58. The molecule has 0 saturated carbocycles. The zero-order chi connectivity index (χ0) is 16.1. The molecule has 23 heavy (non-hydrogen) atoms. The lowest BCUT2D eigenvalue weighted by molar-refractivity contribution is 0.193. The van der Waals surface area contributed by atoms with E-state index in [-0.39, 0.29) is 0 Å². The molecular formula is C18H24N4O. The SMILES string of the molecule is CCCN(Cc1ccncc1)c1cc([C@H]2CCOC2)nc(C)n1. The Balaban J connectivity index is 1.86. The van der Waals surface area contributed by atoms with E-state index in [9.17, 15) is 0 Å². The van der Waals surface area contributed by atoms with Gasteiger partial charge in [0.15, 0.2) is 0 Å². The minimum atomic E-state index is 0.403. The predicted octanol–water partition coefficient (Wildman–Crippen LogP) is 3.10. The molecule has 1 fully saturated rings. The highest BCUT2D eigenvalue weighted by molar-refractivity contribution is 5.41. The Kier molecular flexibility index (Phi) is 5.18. The van der Waals surface area contributed by atoms with E-state index in [1.807, 2.05) is 19.3 Å². The van der Waals surface area contributed by atoms with Crippen LogP contribution >= 0.6 is 0 Å². The molecule has 1 atom stereocenters. The van der Waals surface area contributed by atoms with Crippen molar-refractivity contribution in [3.8, 4) is 0 Å². The normalized spacial score (nSPS) is 17.4. The number of anilines is 1. The quantitative estimate of drug-likeness (QED) is 0.820. The number of hydrogen-bond acceptors (Lipinski definition) is 5. The van der Waals surface area contributed by atoms with Crippen molar-refractivity contribution < 1.29 is 4.74 Å². The maximum Gasteiger partial charge on any atom is 0.132 e. The predicted molar refractivity (Wildman–Crippen MR) is 90.5 cm³/mol. The third-order valence-electron chi connectivity index (χ3n) is 4.13. The van der Waals surface area contributed by atoms with Gasteiger partial charge in [0.25, 0.3) is 0 Å². The number of aromatic nitrogens is 3.